The monoisotopic (exact) mass is 388 g/mol. The molecule has 0 saturated heterocycles. The lowest BCUT2D eigenvalue weighted by molar-refractivity contribution is -0.147. The van der Waals surface area contributed by atoms with Gasteiger partial charge in [-0.15, -0.1) is 0 Å². The van der Waals surface area contributed by atoms with Crippen molar-refractivity contribution in [3.05, 3.63) is 30.1 Å². The molecule has 0 heterocycles. The van der Waals surface area contributed by atoms with Crippen LogP contribution in [-0.2, 0) is 9.59 Å². The van der Waals surface area contributed by atoms with Gasteiger partial charge in [-0.25, -0.2) is 4.39 Å². The molecule has 4 fully saturated rings. The number of nitrogens with one attached hydrogen (secondary N) is 1. The molecule has 0 atom stereocenters. The molecule has 4 aliphatic rings. The second kappa shape index (κ2) is 7.72. The molecule has 152 valence electrons. The summed E-state index contributed by atoms with van der Waals surface area (Å²) in [7, 11) is 1.70. The van der Waals surface area contributed by atoms with Gasteiger partial charge in [0.15, 0.2) is 0 Å². The van der Waals surface area contributed by atoms with Crippen LogP contribution in [0.15, 0.2) is 24.3 Å². The fourth-order valence-corrected chi connectivity index (χ4v) is 5.82. The normalized spacial score (nSPS) is 30.1. The van der Waals surface area contributed by atoms with Gasteiger partial charge in [0.05, 0.1) is 13.1 Å². The minimum atomic E-state index is -0.311. The van der Waals surface area contributed by atoms with Crippen LogP contribution in [0.4, 0.5) is 4.39 Å². The number of ether oxygens (including phenoxy) is 1. The van der Waals surface area contributed by atoms with Crippen LogP contribution in [-0.4, -0.2) is 43.5 Å². The summed E-state index contributed by atoms with van der Waals surface area (Å²) in [6.45, 7) is 0.758. The number of carbonyl (C=O) groups excluding carboxylic acids is 2. The van der Waals surface area contributed by atoms with Crippen molar-refractivity contribution in [2.24, 2.45) is 23.2 Å². The molecule has 1 N–H and O–H groups in total. The largest absolute Gasteiger partial charge is 0.492 e. The van der Waals surface area contributed by atoms with E-state index in [0.29, 0.717) is 36.7 Å². The van der Waals surface area contributed by atoms with E-state index in [4.69, 9.17) is 4.74 Å². The fraction of sp³-hybridized carbons (Fsp3) is 0.636. The Hall–Kier alpha value is -2.11. The van der Waals surface area contributed by atoms with Crippen LogP contribution in [0, 0.1) is 29.0 Å². The summed E-state index contributed by atoms with van der Waals surface area (Å²) >= 11 is 0. The Labute approximate surface area is 165 Å². The molecule has 0 radical (unpaired) electrons. The van der Waals surface area contributed by atoms with Crippen LogP contribution in [0.5, 0.6) is 5.75 Å². The van der Waals surface area contributed by atoms with Crippen LogP contribution in [0.2, 0.25) is 0 Å². The minimum Gasteiger partial charge on any atom is -0.492 e. The molecule has 2 amide bonds. The van der Waals surface area contributed by atoms with E-state index in [1.807, 2.05) is 0 Å². The first-order valence-corrected chi connectivity index (χ1v) is 10.3. The number of halogens is 1. The van der Waals surface area contributed by atoms with E-state index < -0.39 is 0 Å². The van der Waals surface area contributed by atoms with E-state index in [1.54, 1.807) is 24.1 Å². The molecule has 28 heavy (non-hydrogen) atoms. The highest BCUT2D eigenvalue weighted by Crippen LogP contribution is 2.60. The summed E-state index contributed by atoms with van der Waals surface area (Å²) in [6, 6.07) is 5.79. The van der Waals surface area contributed by atoms with Crippen molar-refractivity contribution < 1.29 is 18.7 Å². The van der Waals surface area contributed by atoms with Gasteiger partial charge in [-0.05, 0) is 80.5 Å². The number of nitrogens with zero attached hydrogens (tertiary/aromatic N) is 1. The SMILES string of the molecule is CN(CCOc1ccc(F)cc1)C(=O)CNC(=O)C12CC3CC(CC(C3)C1)C2. The van der Waals surface area contributed by atoms with Crippen molar-refractivity contribution in [1.82, 2.24) is 10.2 Å². The molecule has 0 unspecified atom stereocenters. The van der Waals surface area contributed by atoms with Crippen LogP contribution >= 0.6 is 0 Å². The molecule has 0 aliphatic heterocycles. The van der Waals surface area contributed by atoms with E-state index in [2.05, 4.69) is 5.32 Å². The first-order valence-electron chi connectivity index (χ1n) is 10.3. The lowest BCUT2D eigenvalue weighted by Gasteiger charge is -2.55. The van der Waals surface area contributed by atoms with E-state index in [9.17, 15) is 14.0 Å². The van der Waals surface area contributed by atoms with Crippen LogP contribution in [0.1, 0.15) is 38.5 Å². The second-order valence-electron chi connectivity index (χ2n) is 9.00. The first-order chi connectivity index (χ1) is 13.4. The third-order valence-corrected chi connectivity index (χ3v) is 6.85. The topological polar surface area (TPSA) is 58.6 Å². The number of amides is 2. The highest BCUT2D eigenvalue weighted by Gasteiger charge is 2.54. The molecule has 5 rings (SSSR count). The summed E-state index contributed by atoms with van der Waals surface area (Å²) in [5.74, 6) is 2.33. The molecular weight excluding hydrogens is 359 g/mol. The molecule has 1 aromatic carbocycles. The van der Waals surface area contributed by atoms with Gasteiger partial charge in [0.2, 0.25) is 11.8 Å². The molecule has 4 bridgehead atoms. The summed E-state index contributed by atoms with van der Waals surface area (Å²) in [4.78, 5) is 26.8. The Morgan fingerprint density at radius 2 is 1.68 bits per heavy atom. The highest BCUT2D eigenvalue weighted by atomic mass is 19.1. The summed E-state index contributed by atoms with van der Waals surface area (Å²) in [5, 5.41) is 2.92. The van der Waals surface area contributed by atoms with Gasteiger partial charge >= 0.3 is 0 Å². The standard InChI is InChI=1S/C22H29FN2O3/c1-25(6-7-28-19-4-2-18(23)3-5-19)20(26)14-24-21(27)22-11-15-8-16(12-22)10-17(9-15)13-22/h2-5,15-17H,6-14H2,1H3,(H,24,27). The number of likely N-dealkylation sites (N-methyl/N-ethyl adjacent to an activating group) is 1. The van der Waals surface area contributed by atoms with Crippen LogP contribution < -0.4 is 10.1 Å². The predicted octanol–water partition coefficient (Wildman–Crippen LogP) is 3.00. The van der Waals surface area contributed by atoms with E-state index in [-0.39, 0.29) is 29.6 Å². The molecule has 4 aliphatic carbocycles. The molecule has 5 nitrogen and oxygen atoms in total. The Bertz CT molecular complexity index is 699. The number of hydrogen-bond acceptors (Lipinski definition) is 3. The van der Waals surface area contributed by atoms with Crippen molar-refractivity contribution in [2.45, 2.75) is 38.5 Å². The smallest absolute Gasteiger partial charge is 0.241 e. The van der Waals surface area contributed by atoms with Crippen molar-refractivity contribution in [1.29, 1.82) is 0 Å². The minimum absolute atomic E-state index is 0.0353. The third kappa shape index (κ3) is 4.01. The van der Waals surface area contributed by atoms with Crippen LogP contribution in [0.25, 0.3) is 0 Å². The van der Waals surface area contributed by atoms with Crippen molar-refractivity contribution in [3.8, 4) is 5.75 Å². The maximum absolute atomic E-state index is 12.9. The third-order valence-electron chi connectivity index (χ3n) is 6.85. The van der Waals surface area contributed by atoms with E-state index in [1.165, 1.54) is 31.4 Å². The van der Waals surface area contributed by atoms with E-state index in [0.717, 1.165) is 19.3 Å². The average Bonchev–Trinajstić information content (AvgIpc) is 2.66. The van der Waals surface area contributed by atoms with E-state index >= 15 is 0 Å². The summed E-state index contributed by atoms with van der Waals surface area (Å²) < 4.78 is 18.4. The van der Waals surface area contributed by atoms with Gasteiger partial charge in [0.1, 0.15) is 18.2 Å². The van der Waals surface area contributed by atoms with Crippen molar-refractivity contribution in [2.75, 3.05) is 26.7 Å². The number of rotatable bonds is 7. The summed E-state index contributed by atoms with van der Waals surface area (Å²) in [5.41, 5.74) is -0.223. The molecule has 6 heteroatoms. The first kappa shape index (κ1) is 19.2. The molecule has 0 spiro atoms. The molecule has 4 saturated carbocycles. The lowest BCUT2D eigenvalue weighted by Crippen LogP contribution is -2.54. The van der Waals surface area contributed by atoms with Gasteiger partial charge in [-0.3, -0.25) is 9.59 Å². The highest BCUT2D eigenvalue weighted by molar-refractivity contribution is 5.88. The maximum Gasteiger partial charge on any atom is 0.241 e. The van der Waals surface area contributed by atoms with Gasteiger partial charge in [0.25, 0.3) is 0 Å². The average molecular weight is 388 g/mol. The predicted molar refractivity (Wildman–Crippen MR) is 103 cm³/mol. The molecular formula is C22H29FN2O3. The Kier molecular flexibility index (Phi) is 5.30. The second-order valence-corrected chi connectivity index (χ2v) is 9.00. The van der Waals surface area contributed by atoms with Gasteiger partial charge in [-0.2, -0.15) is 0 Å². The van der Waals surface area contributed by atoms with Crippen molar-refractivity contribution in [3.63, 3.8) is 0 Å². The Balaban J connectivity index is 1.21. The van der Waals surface area contributed by atoms with Gasteiger partial charge in [-0.1, -0.05) is 0 Å². The Morgan fingerprint density at radius 1 is 1.11 bits per heavy atom. The molecule has 1 aromatic rings. The van der Waals surface area contributed by atoms with Gasteiger partial charge < -0.3 is 15.0 Å². The Morgan fingerprint density at radius 3 is 2.25 bits per heavy atom. The quantitative estimate of drug-likeness (QED) is 0.781. The van der Waals surface area contributed by atoms with Gasteiger partial charge in [0, 0.05) is 12.5 Å². The summed E-state index contributed by atoms with van der Waals surface area (Å²) in [6.07, 6.45) is 6.88. The number of carbonyl (C=O) groups is 2. The maximum atomic E-state index is 12.9. The van der Waals surface area contributed by atoms with Crippen LogP contribution in [0.3, 0.4) is 0 Å². The zero-order chi connectivity index (χ0) is 19.7. The fourth-order valence-electron chi connectivity index (χ4n) is 5.82. The van der Waals surface area contributed by atoms with Crippen molar-refractivity contribution >= 4 is 11.8 Å². The zero-order valence-electron chi connectivity index (χ0n) is 16.5. The molecule has 0 aromatic heterocycles. The number of benzene rings is 1. The zero-order valence-corrected chi connectivity index (χ0v) is 16.5. The number of hydrogen-bond donors (Lipinski definition) is 1. The lowest BCUT2D eigenvalue weighted by atomic mass is 9.49.